The number of benzene rings is 1. The van der Waals surface area contributed by atoms with E-state index >= 15 is 0 Å². The molecule has 1 aromatic carbocycles. The Morgan fingerprint density at radius 1 is 1.18 bits per heavy atom. The summed E-state index contributed by atoms with van der Waals surface area (Å²) < 4.78 is 35.3. The predicted octanol–water partition coefficient (Wildman–Crippen LogP) is 2.33. The molecule has 0 bridgehead atoms. The molecule has 0 atom stereocenters. The van der Waals surface area contributed by atoms with Gasteiger partial charge in [0.25, 0.3) is 0 Å². The lowest BCUT2D eigenvalue weighted by atomic mass is 10.3. The van der Waals surface area contributed by atoms with Gasteiger partial charge in [-0.05, 0) is 38.4 Å². The summed E-state index contributed by atoms with van der Waals surface area (Å²) in [5.41, 5.74) is 0.744. The standard InChI is InChI=1S/C18H23N5O3S2/c1-23(2)12-15-8-9-16(26-15)13-27-11-10-19-17-18(22-28(24,25)21-17)20-14-6-4-3-5-7-14/h3-9H,10-13H2,1-2H3,(H,19,21)(H,20,22). The number of amidine groups is 2. The molecule has 1 aromatic heterocycles. The van der Waals surface area contributed by atoms with Crippen LogP contribution in [0.1, 0.15) is 11.5 Å². The highest BCUT2D eigenvalue weighted by atomic mass is 32.2. The number of nitrogens with zero attached hydrogens (tertiary/aromatic N) is 3. The minimum absolute atomic E-state index is 0.204. The summed E-state index contributed by atoms with van der Waals surface area (Å²) in [7, 11) is 0.256. The van der Waals surface area contributed by atoms with Crippen LogP contribution in [0.5, 0.6) is 0 Å². The molecular weight excluding hydrogens is 398 g/mol. The second-order valence-corrected chi connectivity index (χ2v) is 8.84. The number of para-hydroxylation sites is 1. The molecule has 0 unspecified atom stereocenters. The third-order valence-corrected chi connectivity index (χ3v) is 5.47. The zero-order valence-electron chi connectivity index (χ0n) is 15.8. The van der Waals surface area contributed by atoms with Gasteiger partial charge in [-0.15, -0.1) is 4.40 Å². The SMILES string of the molecule is CN(C)Cc1ccc(CSCCN=C2NS(=O)(=O)N=C2Nc2ccccc2)o1. The molecule has 1 aliphatic heterocycles. The van der Waals surface area contributed by atoms with Gasteiger partial charge in [0.05, 0.1) is 18.8 Å². The summed E-state index contributed by atoms with van der Waals surface area (Å²) >= 11 is 1.68. The fourth-order valence-electron chi connectivity index (χ4n) is 2.50. The van der Waals surface area contributed by atoms with Crippen LogP contribution in [0.2, 0.25) is 0 Å². The largest absolute Gasteiger partial charge is 0.464 e. The zero-order chi connectivity index (χ0) is 20.0. The molecule has 28 heavy (non-hydrogen) atoms. The van der Waals surface area contributed by atoms with Gasteiger partial charge < -0.3 is 14.6 Å². The molecule has 150 valence electrons. The smallest absolute Gasteiger partial charge is 0.345 e. The van der Waals surface area contributed by atoms with E-state index in [0.717, 1.165) is 35.3 Å². The van der Waals surface area contributed by atoms with Gasteiger partial charge in [-0.2, -0.15) is 20.2 Å². The molecule has 0 radical (unpaired) electrons. The maximum atomic E-state index is 11.8. The summed E-state index contributed by atoms with van der Waals surface area (Å²) in [6.45, 7) is 1.23. The number of nitrogens with one attached hydrogen (secondary N) is 2. The highest BCUT2D eigenvalue weighted by molar-refractivity contribution is 7.98. The van der Waals surface area contributed by atoms with Crippen LogP contribution in [-0.2, 0) is 22.5 Å². The van der Waals surface area contributed by atoms with Crippen molar-refractivity contribution >= 4 is 39.3 Å². The first kappa shape index (κ1) is 20.4. The molecule has 0 saturated heterocycles. The second-order valence-electron chi connectivity index (χ2n) is 6.40. The second kappa shape index (κ2) is 9.26. The summed E-state index contributed by atoms with van der Waals surface area (Å²) in [5.74, 6) is 3.77. The maximum absolute atomic E-state index is 11.8. The number of furan rings is 1. The molecule has 2 aromatic rings. The van der Waals surface area contributed by atoms with Crippen LogP contribution < -0.4 is 10.0 Å². The van der Waals surface area contributed by atoms with Crippen molar-refractivity contribution in [2.75, 3.05) is 31.7 Å². The van der Waals surface area contributed by atoms with E-state index in [9.17, 15) is 8.42 Å². The first-order valence-electron chi connectivity index (χ1n) is 8.71. The summed E-state index contributed by atoms with van der Waals surface area (Å²) in [5, 5.41) is 2.98. The third kappa shape index (κ3) is 6.11. The van der Waals surface area contributed by atoms with Crippen LogP contribution in [0, 0.1) is 0 Å². The summed E-state index contributed by atoms with van der Waals surface area (Å²) in [6.07, 6.45) is 0. The molecule has 0 saturated carbocycles. The molecule has 0 spiro atoms. The Morgan fingerprint density at radius 3 is 2.68 bits per heavy atom. The molecule has 1 aliphatic rings. The normalized spacial score (nSPS) is 17.0. The molecule has 10 heteroatoms. The van der Waals surface area contributed by atoms with Gasteiger partial charge in [0, 0.05) is 11.4 Å². The van der Waals surface area contributed by atoms with Crippen molar-refractivity contribution in [3.8, 4) is 0 Å². The van der Waals surface area contributed by atoms with E-state index < -0.39 is 10.2 Å². The number of hydrogen-bond donors (Lipinski definition) is 2. The first-order valence-corrected chi connectivity index (χ1v) is 11.3. The monoisotopic (exact) mass is 421 g/mol. The van der Waals surface area contributed by atoms with Crippen molar-refractivity contribution in [1.29, 1.82) is 0 Å². The van der Waals surface area contributed by atoms with Crippen molar-refractivity contribution in [2.24, 2.45) is 9.39 Å². The molecule has 0 amide bonds. The van der Waals surface area contributed by atoms with Crippen LogP contribution in [0.4, 0.5) is 5.69 Å². The van der Waals surface area contributed by atoms with Gasteiger partial charge >= 0.3 is 10.2 Å². The molecule has 0 fully saturated rings. The van der Waals surface area contributed by atoms with Crippen LogP contribution in [-0.4, -0.2) is 51.4 Å². The number of aliphatic imine (C=N–C) groups is 1. The molecule has 3 rings (SSSR count). The fourth-order valence-corrected chi connectivity index (χ4v) is 4.04. The van der Waals surface area contributed by atoms with Gasteiger partial charge in [0.15, 0.2) is 11.7 Å². The number of thioether (sulfide) groups is 1. The van der Waals surface area contributed by atoms with Crippen LogP contribution >= 0.6 is 11.8 Å². The van der Waals surface area contributed by atoms with E-state index in [-0.39, 0.29) is 11.7 Å². The Bertz CT molecular complexity index is 953. The average molecular weight is 422 g/mol. The molecule has 2 heterocycles. The van der Waals surface area contributed by atoms with Crippen molar-refractivity contribution in [3.05, 3.63) is 54.0 Å². The Balaban J connectivity index is 1.50. The van der Waals surface area contributed by atoms with E-state index in [2.05, 4.69) is 24.3 Å². The van der Waals surface area contributed by atoms with Crippen LogP contribution in [0.25, 0.3) is 0 Å². The molecular formula is C18H23N5O3S2. The lowest BCUT2D eigenvalue weighted by molar-refractivity contribution is 0.344. The predicted molar refractivity (Wildman–Crippen MR) is 114 cm³/mol. The highest BCUT2D eigenvalue weighted by Gasteiger charge is 2.26. The third-order valence-electron chi connectivity index (χ3n) is 3.64. The zero-order valence-corrected chi connectivity index (χ0v) is 17.4. The minimum Gasteiger partial charge on any atom is -0.464 e. The first-order chi connectivity index (χ1) is 13.4. The fraction of sp³-hybridized carbons (Fsp3) is 0.333. The number of anilines is 1. The highest BCUT2D eigenvalue weighted by Crippen LogP contribution is 2.16. The number of hydrogen-bond acceptors (Lipinski definition) is 7. The number of rotatable bonds is 8. The average Bonchev–Trinajstić information content (AvgIpc) is 3.18. The Hall–Kier alpha value is -2.30. The lowest BCUT2D eigenvalue weighted by Gasteiger charge is -2.06. The van der Waals surface area contributed by atoms with Crippen LogP contribution in [0.15, 0.2) is 56.3 Å². The quantitative estimate of drug-likeness (QED) is 0.635. The molecule has 8 nitrogen and oxygen atoms in total. The van der Waals surface area contributed by atoms with Crippen LogP contribution in [0.3, 0.4) is 0 Å². The van der Waals surface area contributed by atoms with E-state index in [1.54, 1.807) is 11.8 Å². The van der Waals surface area contributed by atoms with Gasteiger partial charge in [-0.3, -0.25) is 4.99 Å². The summed E-state index contributed by atoms with van der Waals surface area (Å²) in [4.78, 5) is 6.40. The minimum atomic E-state index is -3.74. The molecule has 0 aliphatic carbocycles. The molecule has 2 N–H and O–H groups in total. The Labute approximate surface area is 169 Å². The van der Waals surface area contributed by atoms with Crippen molar-refractivity contribution in [1.82, 2.24) is 9.62 Å². The van der Waals surface area contributed by atoms with E-state index in [1.165, 1.54) is 0 Å². The van der Waals surface area contributed by atoms with E-state index in [0.29, 0.717) is 6.54 Å². The van der Waals surface area contributed by atoms with Gasteiger partial charge in [0.1, 0.15) is 11.5 Å². The van der Waals surface area contributed by atoms with Crippen molar-refractivity contribution in [2.45, 2.75) is 12.3 Å². The Kier molecular flexibility index (Phi) is 6.76. The van der Waals surface area contributed by atoms with Gasteiger partial charge in [-0.25, -0.2) is 4.72 Å². The lowest BCUT2D eigenvalue weighted by Crippen LogP contribution is -2.30. The van der Waals surface area contributed by atoms with Crippen molar-refractivity contribution < 1.29 is 12.8 Å². The van der Waals surface area contributed by atoms with E-state index in [1.807, 2.05) is 56.6 Å². The maximum Gasteiger partial charge on any atom is 0.345 e. The summed E-state index contributed by atoms with van der Waals surface area (Å²) in [6, 6.07) is 13.2. The van der Waals surface area contributed by atoms with Crippen molar-refractivity contribution in [3.63, 3.8) is 0 Å². The Morgan fingerprint density at radius 2 is 1.93 bits per heavy atom. The van der Waals surface area contributed by atoms with E-state index in [4.69, 9.17) is 4.42 Å². The van der Waals surface area contributed by atoms with Gasteiger partial charge in [0.2, 0.25) is 0 Å². The van der Waals surface area contributed by atoms with Gasteiger partial charge in [-0.1, -0.05) is 18.2 Å². The topological polar surface area (TPSA) is 99.3 Å².